The van der Waals surface area contributed by atoms with Gasteiger partial charge in [0.25, 0.3) is 0 Å². The zero-order chi connectivity index (χ0) is 11.2. The average molecular weight is 224 g/mol. The van der Waals surface area contributed by atoms with Gasteiger partial charge in [0.15, 0.2) is 0 Å². The molecular formula is C13H24N2O. The molecule has 2 saturated carbocycles. The minimum atomic E-state index is 0.503. The van der Waals surface area contributed by atoms with E-state index in [1.54, 1.807) is 0 Å². The van der Waals surface area contributed by atoms with E-state index >= 15 is 0 Å². The molecule has 2 rings (SSSR count). The number of hydrogen-bond donors (Lipinski definition) is 1. The van der Waals surface area contributed by atoms with Crippen LogP contribution in [0.5, 0.6) is 0 Å². The van der Waals surface area contributed by atoms with E-state index in [0.29, 0.717) is 12.0 Å². The molecule has 3 nitrogen and oxygen atoms in total. The molecule has 2 aliphatic carbocycles. The van der Waals surface area contributed by atoms with E-state index in [0.717, 1.165) is 19.0 Å². The second-order valence-corrected chi connectivity index (χ2v) is 5.07. The first-order valence-electron chi connectivity index (χ1n) is 6.77. The maximum Gasteiger partial charge on any atom is 0.0969 e. The molecule has 0 atom stereocenters. The van der Waals surface area contributed by atoms with Gasteiger partial charge >= 0.3 is 0 Å². The lowest BCUT2D eigenvalue weighted by Gasteiger charge is -2.11. The van der Waals surface area contributed by atoms with Gasteiger partial charge in [-0.1, -0.05) is 25.7 Å². The Hall–Kier alpha value is -0.570. The Kier molecular flexibility index (Phi) is 4.64. The molecule has 2 fully saturated rings. The lowest BCUT2D eigenvalue weighted by atomic mass is 10.1. The Balaban J connectivity index is 1.60. The normalized spacial score (nSPS) is 24.4. The summed E-state index contributed by atoms with van der Waals surface area (Å²) in [5.74, 6) is 1.43. The third-order valence-electron chi connectivity index (χ3n) is 3.81. The molecule has 0 aromatic carbocycles. The molecule has 0 aliphatic heterocycles. The smallest absolute Gasteiger partial charge is 0.0969 e. The molecule has 0 heterocycles. The predicted molar refractivity (Wildman–Crippen MR) is 66.7 cm³/mol. The van der Waals surface area contributed by atoms with Crippen LogP contribution in [0.3, 0.4) is 0 Å². The molecule has 0 aromatic heterocycles. The Morgan fingerprint density at radius 1 is 1.06 bits per heavy atom. The Morgan fingerprint density at radius 3 is 2.38 bits per heavy atom. The summed E-state index contributed by atoms with van der Waals surface area (Å²) < 4.78 is 5.75. The standard InChI is InChI=1S/C13H24N2O/c14-13(11-5-1-2-6-11)15-9-10-16-12-7-3-4-8-12/h11-12H,1-10H2,(H2,14,15). The SMILES string of the molecule is NC(=NCCOC1CCCC1)C1CCCC1. The van der Waals surface area contributed by atoms with Gasteiger partial charge in [0.1, 0.15) is 0 Å². The fourth-order valence-electron chi connectivity index (χ4n) is 2.80. The quantitative estimate of drug-likeness (QED) is 0.443. The van der Waals surface area contributed by atoms with Crippen LogP contribution >= 0.6 is 0 Å². The van der Waals surface area contributed by atoms with Gasteiger partial charge < -0.3 is 10.5 Å². The van der Waals surface area contributed by atoms with Gasteiger partial charge in [0, 0.05) is 5.92 Å². The molecule has 0 spiro atoms. The highest BCUT2D eigenvalue weighted by Gasteiger charge is 2.18. The fraction of sp³-hybridized carbons (Fsp3) is 0.923. The van der Waals surface area contributed by atoms with E-state index in [4.69, 9.17) is 10.5 Å². The topological polar surface area (TPSA) is 47.6 Å². The monoisotopic (exact) mass is 224 g/mol. The van der Waals surface area contributed by atoms with Crippen molar-refractivity contribution in [3.63, 3.8) is 0 Å². The zero-order valence-corrected chi connectivity index (χ0v) is 10.2. The van der Waals surface area contributed by atoms with Crippen LogP contribution in [0.4, 0.5) is 0 Å². The van der Waals surface area contributed by atoms with Crippen LogP contribution in [0.2, 0.25) is 0 Å². The van der Waals surface area contributed by atoms with E-state index in [9.17, 15) is 0 Å². The van der Waals surface area contributed by atoms with Crippen LogP contribution in [0.25, 0.3) is 0 Å². The van der Waals surface area contributed by atoms with Crippen LogP contribution in [0.15, 0.2) is 4.99 Å². The van der Waals surface area contributed by atoms with Crippen molar-refractivity contribution in [1.29, 1.82) is 0 Å². The summed E-state index contributed by atoms with van der Waals surface area (Å²) in [6.07, 6.45) is 10.7. The van der Waals surface area contributed by atoms with Gasteiger partial charge in [-0.25, -0.2) is 0 Å². The first kappa shape index (κ1) is 11.9. The summed E-state index contributed by atoms with van der Waals surface area (Å²) in [4.78, 5) is 4.44. The molecular weight excluding hydrogens is 200 g/mol. The summed E-state index contributed by atoms with van der Waals surface area (Å²) in [6, 6.07) is 0. The van der Waals surface area contributed by atoms with E-state index in [2.05, 4.69) is 4.99 Å². The van der Waals surface area contributed by atoms with Crippen molar-refractivity contribution in [2.24, 2.45) is 16.6 Å². The van der Waals surface area contributed by atoms with Crippen molar-refractivity contribution in [2.75, 3.05) is 13.2 Å². The lowest BCUT2D eigenvalue weighted by molar-refractivity contribution is 0.0643. The maximum atomic E-state index is 5.97. The average Bonchev–Trinajstić information content (AvgIpc) is 2.96. The largest absolute Gasteiger partial charge is 0.387 e. The number of hydrogen-bond acceptors (Lipinski definition) is 2. The fourth-order valence-corrected chi connectivity index (χ4v) is 2.80. The number of amidine groups is 1. The maximum absolute atomic E-state index is 5.97. The highest BCUT2D eigenvalue weighted by molar-refractivity contribution is 5.83. The van der Waals surface area contributed by atoms with Crippen molar-refractivity contribution in [2.45, 2.75) is 57.5 Å². The minimum Gasteiger partial charge on any atom is -0.387 e. The van der Waals surface area contributed by atoms with Gasteiger partial charge in [0.05, 0.1) is 25.1 Å². The Bertz CT molecular complexity index is 228. The van der Waals surface area contributed by atoms with E-state index < -0.39 is 0 Å². The van der Waals surface area contributed by atoms with Crippen LogP contribution in [0.1, 0.15) is 51.4 Å². The Labute approximate surface area is 98.5 Å². The third-order valence-corrected chi connectivity index (χ3v) is 3.81. The van der Waals surface area contributed by atoms with Gasteiger partial charge in [0.2, 0.25) is 0 Å². The number of nitrogens with zero attached hydrogens (tertiary/aromatic N) is 1. The first-order chi connectivity index (χ1) is 7.86. The highest BCUT2D eigenvalue weighted by atomic mass is 16.5. The Morgan fingerprint density at radius 2 is 1.69 bits per heavy atom. The zero-order valence-electron chi connectivity index (χ0n) is 10.2. The summed E-state index contributed by atoms with van der Waals surface area (Å²) in [7, 11) is 0. The summed E-state index contributed by atoms with van der Waals surface area (Å²) in [5.41, 5.74) is 5.97. The van der Waals surface area contributed by atoms with E-state index in [-0.39, 0.29) is 0 Å². The molecule has 0 amide bonds. The molecule has 0 bridgehead atoms. The van der Waals surface area contributed by atoms with E-state index in [1.807, 2.05) is 0 Å². The summed E-state index contributed by atoms with van der Waals surface area (Å²) >= 11 is 0. The summed E-state index contributed by atoms with van der Waals surface area (Å²) in [5, 5.41) is 0. The summed E-state index contributed by atoms with van der Waals surface area (Å²) in [6.45, 7) is 1.50. The van der Waals surface area contributed by atoms with Crippen molar-refractivity contribution in [1.82, 2.24) is 0 Å². The first-order valence-corrected chi connectivity index (χ1v) is 6.77. The number of rotatable bonds is 5. The van der Waals surface area contributed by atoms with Crippen LogP contribution < -0.4 is 5.73 Å². The third kappa shape index (κ3) is 3.48. The van der Waals surface area contributed by atoms with Crippen LogP contribution in [-0.4, -0.2) is 25.1 Å². The van der Waals surface area contributed by atoms with Crippen molar-refractivity contribution in [3.05, 3.63) is 0 Å². The molecule has 0 radical (unpaired) electrons. The predicted octanol–water partition coefficient (Wildman–Crippen LogP) is 2.49. The van der Waals surface area contributed by atoms with Crippen molar-refractivity contribution < 1.29 is 4.74 Å². The van der Waals surface area contributed by atoms with Gasteiger partial charge in [-0.3, -0.25) is 4.99 Å². The van der Waals surface area contributed by atoms with Gasteiger partial charge in [-0.05, 0) is 25.7 Å². The van der Waals surface area contributed by atoms with Crippen LogP contribution in [-0.2, 0) is 4.74 Å². The second kappa shape index (κ2) is 6.24. The van der Waals surface area contributed by atoms with Gasteiger partial charge in [-0.2, -0.15) is 0 Å². The van der Waals surface area contributed by atoms with Crippen molar-refractivity contribution >= 4 is 5.84 Å². The van der Waals surface area contributed by atoms with Crippen molar-refractivity contribution in [3.8, 4) is 0 Å². The molecule has 2 N–H and O–H groups in total. The van der Waals surface area contributed by atoms with Gasteiger partial charge in [-0.15, -0.1) is 0 Å². The molecule has 16 heavy (non-hydrogen) atoms. The molecule has 3 heteroatoms. The highest BCUT2D eigenvalue weighted by Crippen LogP contribution is 2.24. The van der Waals surface area contributed by atoms with E-state index in [1.165, 1.54) is 51.4 Å². The molecule has 92 valence electrons. The molecule has 0 aromatic rings. The minimum absolute atomic E-state index is 0.503. The number of ether oxygens (including phenoxy) is 1. The molecule has 2 aliphatic rings. The number of aliphatic imine (C=N–C) groups is 1. The lowest BCUT2D eigenvalue weighted by Crippen LogP contribution is -2.22. The second-order valence-electron chi connectivity index (χ2n) is 5.07. The van der Waals surface area contributed by atoms with Crippen LogP contribution in [0, 0.1) is 5.92 Å². The molecule has 0 saturated heterocycles. The molecule has 0 unspecified atom stereocenters. The number of nitrogens with two attached hydrogens (primary N) is 1.